The lowest BCUT2D eigenvalue weighted by Gasteiger charge is -2.36. The average Bonchev–Trinajstić information content (AvgIpc) is 3.37. The largest absolute Gasteiger partial charge is 0.489 e. The second-order valence-corrected chi connectivity index (χ2v) is 11.4. The molecule has 0 saturated carbocycles. The van der Waals surface area contributed by atoms with E-state index in [1.807, 2.05) is 4.90 Å². The molecule has 3 aliphatic rings. The molecule has 46 heavy (non-hydrogen) atoms. The highest BCUT2D eigenvalue weighted by Gasteiger charge is 2.40. The summed E-state index contributed by atoms with van der Waals surface area (Å²) in [6.07, 6.45) is -3.02. The number of alkyl halides is 3. The molecular weight excluding hydrogens is 608 g/mol. The summed E-state index contributed by atoms with van der Waals surface area (Å²) >= 11 is 0. The number of hydrogen-bond acceptors (Lipinski definition) is 8. The number of carbonyl (C=O) groups excluding carboxylic acids is 3. The number of nitriles is 1. The van der Waals surface area contributed by atoms with E-state index in [9.17, 15) is 27.6 Å². The summed E-state index contributed by atoms with van der Waals surface area (Å²) in [7, 11) is 0. The molecule has 10 nitrogen and oxygen atoms in total. The number of fused-ring (bicyclic) bond motifs is 1. The molecule has 3 amide bonds. The summed E-state index contributed by atoms with van der Waals surface area (Å²) < 4.78 is 61.2. The van der Waals surface area contributed by atoms with E-state index < -0.39 is 35.2 Å². The van der Waals surface area contributed by atoms with Gasteiger partial charge in [0.25, 0.3) is 5.91 Å². The van der Waals surface area contributed by atoms with Crippen LogP contribution >= 0.6 is 0 Å². The summed E-state index contributed by atoms with van der Waals surface area (Å²) in [5.74, 6) is -1.15. The van der Waals surface area contributed by atoms with Crippen molar-refractivity contribution in [1.82, 2.24) is 20.1 Å². The van der Waals surface area contributed by atoms with Crippen LogP contribution in [0.2, 0.25) is 0 Å². The standard InChI is InChI=1S/C32H28F4N6O4/c33-25-12-19(18-46-28-3-1-2-22-23(28)17-42(31(22)45)27-6-7-29(43)39-30(27)44)4-5-20(25)16-40-8-10-41(11-9-40)21-13-24(32(34,35)36)26(14-37)38-15-21/h1-5,12-13,15,27H,6-11,16-18H2,(H,39,43,44). The zero-order chi connectivity index (χ0) is 32.6. The molecule has 1 atom stereocenters. The maximum atomic E-state index is 15.1. The molecule has 2 saturated heterocycles. The maximum absolute atomic E-state index is 15.1. The molecule has 0 spiro atoms. The number of amides is 3. The summed E-state index contributed by atoms with van der Waals surface area (Å²) in [4.78, 5) is 45.8. The topological polar surface area (TPSA) is 119 Å². The van der Waals surface area contributed by atoms with E-state index in [2.05, 4.69) is 10.3 Å². The molecule has 3 aliphatic heterocycles. The zero-order valence-corrected chi connectivity index (χ0v) is 24.4. The van der Waals surface area contributed by atoms with E-state index in [0.717, 1.165) is 6.07 Å². The number of halogens is 4. The van der Waals surface area contributed by atoms with E-state index in [1.54, 1.807) is 35.2 Å². The van der Waals surface area contributed by atoms with Crippen molar-refractivity contribution in [1.29, 1.82) is 5.26 Å². The fourth-order valence-corrected chi connectivity index (χ4v) is 6.00. The van der Waals surface area contributed by atoms with Crippen LogP contribution in [0.4, 0.5) is 23.2 Å². The SMILES string of the molecule is N#Cc1ncc(N2CCN(Cc3ccc(COc4cccc5c4CN(C4CCC(=O)NC4=O)C5=O)cc3F)CC2)cc1C(F)(F)F. The van der Waals surface area contributed by atoms with Gasteiger partial charge in [0.2, 0.25) is 11.8 Å². The van der Waals surface area contributed by atoms with Crippen molar-refractivity contribution in [3.8, 4) is 11.8 Å². The summed E-state index contributed by atoms with van der Waals surface area (Å²) in [6, 6.07) is 11.5. The quantitative estimate of drug-likeness (QED) is 0.308. The molecule has 1 N–H and O–H groups in total. The molecule has 3 aromatic rings. The number of anilines is 1. The Morgan fingerprint density at radius 3 is 2.54 bits per heavy atom. The lowest BCUT2D eigenvalue weighted by molar-refractivity contribution is -0.138. The molecule has 1 aromatic heterocycles. The number of rotatable bonds is 7. The Kier molecular flexibility index (Phi) is 8.35. The van der Waals surface area contributed by atoms with Gasteiger partial charge in [0.1, 0.15) is 30.3 Å². The minimum atomic E-state index is -4.69. The van der Waals surface area contributed by atoms with Crippen molar-refractivity contribution in [3.05, 3.63) is 88.0 Å². The monoisotopic (exact) mass is 636 g/mol. The number of benzene rings is 2. The van der Waals surface area contributed by atoms with Gasteiger partial charge in [-0.1, -0.05) is 18.2 Å². The molecule has 4 heterocycles. The minimum Gasteiger partial charge on any atom is -0.489 e. The summed E-state index contributed by atoms with van der Waals surface area (Å²) in [5, 5.41) is 11.3. The average molecular weight is 637 g/mol. The number of nitrogens with zero attached hydrogens (tertiary/aromatic N) is 5. The van der Waals surface area contributed by atoms with Crippen LogP contribution in [0.25, 0.3) is 0 Å². The van der Waals surface area contributed by atoms with E-state index in [4.69, 9.17) is 10.00 Å². The van der Waals surface area contributed by atoms with Gasteiger partial charge < -0.3 is 14.5 Å². The van der Waals surface area contributed by atoms with Gasteiger partial charge >= 0.3 is 6.18 Å². The Morgan fingerprint density at radius 1 is 1.07 bits per heavy atom. The normalized spacial score (nSPS) is 18.8. The molecule has 0 bridgehead atoms. The summed E-state index contributed by atoms with van der Waals surface area (Å²) in [5.41, 5.74) is 0.615. The Labute approximate surface area is 261 Å². The Hall–Kier alpha value is -5.03. The highest BCUT2D eigenvalue weighted by molar-refractivity contribution is 6.05. The second kappa shape index (κ2) is 12.4. The number of imide groups is 1. The molecule has 238 valence electrons. The van der Waals surface area contributed by atoms with Crippen molar-refractivity contribution < 1.29 is 36.7 Å². The number of nitrogens with one attached hydrogen (secondary N) is 1. The Bertz CT molecular complexity index is 1750. The number of carbonyl (C=O) groups is 3. The first-order valence-corrected chi connectivity index (χ1v) is 14.6. The van der Waals surface area contributed by atoms with Crippen molar-refractivity contribution >= 4 is 23.4 Å². The van der Waals surface area contributed by atoms with Gasteiger partial charge in [-0.15, -0.1) is 0 Å². The minimum absolute atomic E-state index is 0.0392. The fourth-order valence-electron chi connectivity index (χ4n) is 6.00. The van der Waals surface area contributed by atoms with Crippen molar-refractivity contribution in [2.24, 2.45) is 0 Å². The van der Waals surface area contributed by atoms with Gasteiger partial charge in [0, 0.05) is 55.8 Å². The Balaban J connectivity index is 1.05. The maximum Gasteiger partial charge on any atom is 0.419 e. The van der Waals surface area contributed by atoms with Crippen LogP contribution in [0, 0.1) is 17.1 Å². The van der Waals surface area contributed by atoms with Crippen molar-refractivity contribution in [2.75, 3.05) is 31.1 Å². The number of pyridine rings is 1. The molecule has 0 aliphatic carbocycles. The highest BCUT2D eigenvalue weighted by Crippen LogP contribution is 2.35. The first-order valence-electron chi connectivity index (χ1n) is 14.6. The van der Waals surface area contributed by atoms with Crippen LogP contribution in [0.5, 0.6) is 5.75 Å². The number of piperazine rings is 1. The number of hydrogen-bond donors (Lipinski definition) is 1. The predicted octanol–water partition coefficient (Wildman–Crippen LogP) is 3.77. The van der Waals surface area contributed by atoms with Crippen LogP contribution in [0.15, 0.2) is 48.7 Å². The lowest BCUT2D eigenvalue weighted by Crippen LogP contribution is -2.52. The molecule has 1 unspecified atom stereocenters. The third kappa shape index (κ3) is 6.23. The predicted molar refractivity (Wildman–Crippen MR) is 155 cm³/mol. The van der Waals surface area contributed by atoms with Crippen molar-refractivity contribution in [3.63, 3.8) is 0 Å². The first kappa shape index (κ1) is 31.0. The van der Waals surface area contributed by atoms with Gasteiger partial charge in [-0.25, -0.2) is 9.37 Å². The highest BCUT2D eigenvalue weighted by atomic mass is 19.4. The third-order valence-electron chi connectivity index (χ3n) is 8.47. The molecule has 2 fully saturated rings. The lowest BCUT2D eigenvalue weighted by atomic mass is 10.0. The van der Waals surface area contributed by atoms with Crippen LogP contribution in [-0.4, -0.2) is 64.7 Å². The van der Waals surface area contributed by atoms with E-state index in [1.165, 1.54) is 23.2 Å². The third-order valence-corrected chi connectivity index (χ3v) is 8.47. The fraction of sp³-hybridized carbons (Fsp3) is 0.344. The van der Waals surface area contributed by atoms with E-state index in [0.29, 0.717) is 60.7 Å². The molecule has 14 heteroatoms. The van der Waals surface area contributed by atoms with Crippen LogP contribution in [0.3, 0.4) is 0 Å². The molecular formula is C32H28F4N6O4. The van der Waals surface area contributed by atoms with E-state index >= 15 is 4.39 Å². The second-order valence-electron chi connectivity index (χ2n) is 11.4. The number of piperidine rings is 1. The zero-order valence-electron chi connectivity index (χ0n) is 24.4. The first-order chi connectivity index (χ1) is 22.0. The van der Waals surface area contributed by atoms with E-state index in [-0.39, 0.29) is 43.5 Å². The van der Waals surface area contributed by atoms with Gasteiger partial charge in [0.05, 0.1) is 24.0 Å². The Morgan fingerprint density at radius 2 is 1.85 bits per heavy atom. The smallest absolute Gasteiger partial charge is 0.419 e. The number of aromatic nitrogens is 1. The summed E-state index contributed by atoms with van der Waals surface area (Å²) in [6.45, 7) is 2.29. The van der Waals surface area contributed by atoms with Gasteiger partial charge in [-0.3, -0.25) is 24.6 Å². The van der Waals surface area contributed by atoms with Gasteiger partial charge in [-0.05, 0) is 36.2 Å². The van der Waals surface area contributed by atoms with Crippen LogP contribution in [0.1, 0.15) is 51.1 Å². The van der Waals surface area contributed by atoms with Crippen LogP contribution in [-0.2, 0) is 35.5 Å². The van der Waals surface area contributed by atoms with Crippen molar-refractivity contribution in [2.45, 2.75) is 44.8 Å². The molecule has 0 radical (unpaired) electrons. The van der Waals surface area contributed by atoms with Gasteiger partial charge in [-0.2, -0.15) is 18.4 Å². The molecule has 2 aromatic carbocycles. The van der Waals surface area contributed by atoms with Crippen LogP contribution < -0.4 is 15.0 Å². The van der Waals surface area contributed by atoms with Gasteiger partial charge in [0.15, 0.2) is 5.69 Å². The number of ether oxygens (including phenoxy) is 1. The molecule has 6 rings (SSSR count).